The number of hydrogen-bond donors (Lipinski definition) is 1. The lowest BCUT2D eigenvalue weighted by molar-refractivity contribution is -0.384. The van der Waals surface area contributed by atoms with Crippen molar-refractivity contribution in [2.24, 2.45) is 0 Å². The molecule has 0 saturated carbocycles. The molecule has 1 N–H and O–H groups in total. The Bertz CT molecular complexity index is 564. The Morgan fingerprint density at radius 1 is 1.35 bits per heavy atom. The van der Waals surface area contributed by atoms with Crippen LogP contribution in [-0.4, -0.2) is 32.8 Å². The molecule has 106 valence electrons. The molecule has 0 atom stereocenters. The molecule has 0 unspecified atom stereocenters. The molecule has 0 amide bonds. The first-order valence-electron chi connectivity index (χ1n) is 6.55. The van der Waals surface area contributed by atoms with Crippen molar-refractivity contribution in [3.05, 3.63) is 40.7 Å². The molecule has 2 aromatic rings. The van der Waals surface area contributed by atoms with Gasteiger partial charge in [0.25, 0.3) is 5.69 Å². The fourth-order valence-corrected chi connectivity index (χ4v) is 1.81. The lowest BCUT2D eigenvalue weighted by Crippen LogP contribution is -2.16. The summed E-state index contributed by atoms with van der Waals surface area (Å²) in [5.74, 6) is 0.586. The van der Waals surface area contributed by atoms with Gasteiger partial charge in [0, 0.05) is 24.2 Å². The van der Waals surface area contributed by atoms with Gasteiger partial charge in [-0.3, -0.25) is 14.8 Å². The molecule has 1 heterocycles. The van der Waals surface area contributed by atoms with Crippen molar-refractivity contribution in [3.8, 4) is 11.4 Å². The molecule has 0 aliphatic heterocycles. The lowest BCUT2D eigenvalue weighted by atomic mass is 10.2. The second-order valence-electron chi connectivity index (χ2n) is 4.34. The summed E-state index contributed by atoms with van der Waals surface area (Å²) in [7, 11) is 0. The number of nitro benzene ring substituents is 1. The van der Waals surface area contributed by atoms with E-state index in [1.54, 1.807) is 23.1 Å². The molecular formula is C13H17N5O2. The molecule has 0 saturated heterocycles. The van der Waals surface area contributed by atoms with Crippen LogP contribution in [0.5, 0.6) is 0 Å². The first-order valence-corrected chi connectivity index (χ1v) is 6.55. The van der Waals surface area contributed by atoms with Crippen LogP contribution >= 0.6 is 0 Å². The van der Waals surface area contributed by atoms with Gasteiger partial charge < -0.3 is 5.32 Å². The van der Waals surface area contributed by atoms with Crippen LogP contribution in [0.25, 0.3) is 11.4 Å². The van der Waals surface area contributed by atoms with Gasteiger partial charge in [-0.2, -0.15) is 5.10 Å². The molecule has 0 bridgehead atoms. The average Bonchev–Trinajstić information content (AvgIpc) is 2.92. The second-order valence-corrected chi connectivity index (χ2v) is 4.34. The highest BCUT2D eigenvalue weighted by molar-refractivity contribution is 5.56. The van der Waals surface area contributed by atoms with E-state index in [2.05, 4.69) is 22.3 Å². The third-order valence-electron chi connectivity index (χ3n) is 2.86. The summed E-state index contributed by atoms with van der Waals surface area (Å²) in [5.41, 5.74) is 0.847. The molecular weight excluding hydrogens is 258 g/mol. The lowest BCUT2D eigenvalue weighted by Gasteiger charge is -2.01. The minimum Gasteiger partial charge on any atom is -0.317 e. The van der Waals surface area contributed by atoms with E-state index in [1.165, 1.54) is 12.1 Å². The Kier molecular flexibility index (Phi) is 4.78. The maximum Gasteiger partial charge on any atom is 0.269 e. The number of hydrogen-bond acceptors (Lipinski definition) is 5. The summed E-state index contributed by atoms with van der Waals surface area (Å²) in [5, 5.41) is 18.2. The van der Waals surface area contributed by atoms with Crippen LogP contribution < -0.4 is 5.32 Å². The van der Waals surface area contributed by atoms with E-state index in [1.807, 2.05) is 0 Å². The van der Waals surface area contributed by atoms with Gasteiger partial charge in [0.1, 0.15) is 6.33 Å². The fourth-order valence-electron chi connectivity index (χ4n) is 1.81. The summed E-state index contributed by atoms with van der Waals surface area (Å²) in [6.45, 7) is 4.78. The van der Waals surface area contributed by atoms with E-state index >= 15 is 0 Å². The van der Waals surface area contributed by atoms with Crippen LogP contribution in [0.15, 0.2) is 30.6 Å². The van der Waals surface area contributed by atoms with Gasteiger partial charge in [0.05, 0.1) is 4.92 Å². The van der Waals surface area contributed by atoms with E-state index in [9.17, 15) is 10.1 Å². The smallest absolute Gasteiger partial charge is 0.269 e. The molecule has 1 aromatic heterocycles. The van der Waals surface area contributed by atoms with Crippen molar-refractivity contribution in [1.29, 1.82) is 0 Å². The Balaban J connectivity index is 1.99. The summed E-state index contributed by atoms with van der Waals surface area (Å²) in [4.78, 5) is 14.4. The van der Waals surface area contributed by atoms with E-state index in [-0.39, 0.29) is 5.69 Å². The molecule has 0 radical (unpaired) electrons. The van der Waals surface area contributed by atoms with Gasteiger partial charge in [-0.1, -0.05) is 6.92 Å². The summed E-state index contributed by atoms with van der Waals surface area (Å²) in [6, 6.07) is 6.25. The van der Waals surface area contributed by atoms with Crippen LogP contribution in [0.3, 0.4) is 0 Å². The number of aryl methyl sites for hydroxylation is 1. The fraction of sp³-hybridized carbons (Fsp3) is 0.385. The van der Waals surface area contributed by atoms with Gasteiger partial charge in [0.2, 0.25) is 0 Å². The minimum absolute atomic E-state index is 0.0684. The number of nitrogens with zero attached hydrogens (tertiary/aromatic N) is 4. The molecule has 0 spiro atoms. The first kappa shape index (κ1) is 14.1. The Labute approximate surface area is 116 Å². The van der Waals surface area contributed by atoms with E-state index in [4.69, 9.17) is 0 Å². The number of aromatic nitrogens is 3. The first-order chi connectivity index (χ1) is 9.70. The second kappa shape index (κ2) is 6.76. The molecule has 2 rings (SSSR count). The number of rotatable bonds is 7. The normalized spacial score (nSPS) is 10.7. The molecule has 1 aromatic carbocycles. The molecule has 0 fully saturated rings. The highest BCUT2D eigenvalue weighted by Gasteiger charge is 2.08. The van der Waals surface area contributed by atoms with Crippen LogP contribution in [0, 0.1) is 10.1 Å². The number of benzene rings is 1. The standard InChI is InChI=1S/C13H17N5O2/c1-2-14-8-3-9-17-10-15-13(16-17)11-4-6-12(7-5-11)18(19)20/h4-7,10,14H,2-3,8-9H2,1H3. The van der Waals surface area contributed by atoms with E-state index < -0.39 is 4.92 Å². The molecule has 7 heteroatoms. The van der Waals surface area contributed by atoms with Crippen LogP contribution in [0.2, 0.25) is 0 Å². The Morgan fingerprint density at radius 2 is 2.10 bits per heavy atom. The number of nitrogens with one attached hydrogen (secondary N) is 1. The van der Waals surface area contributed by atoms with Crippen molar-refractivity contribution < 1.29 is 4.92 Å². The van der Waals surface area contributed by atoms with Crippen molar-refractivity contribution in [2.75, 3.05) is 13.1 Å². The Hall–Kier alpha value is -2.28. The van der Waals surface area contributed by atoms with Crippen molar-refractivity contribution in [1.82, 2.24) is 20.1 Å². The monoisotopic (exact) mass is 275 g/mol. The Morgan fingerprint density at radius 3 is 2.75 bits per heavy atom. The van der Waals surface area contributed by atoms with E-state index in [0.29, 0.717) is 5.82 Å². The van der Waals surface area contributed by atoms with Gasteiger partial charge in [-0.05, 0) is 31.6 Å². The van der Waals surface area contributed by atoms with Gasteiger partial charge >= 0.3 is 0 Å². The van der Waals surface area contributed by atoms with Gasteiger partial charge in [0.15, 0.2) is 5.82 Å². The van der Waals surface area contributed by atoms with Gasteiger partial charge in [-0.25, -0.2) is 4.98 Å². The van der Waals surface area contributed by atoms with Gasteiger partial charge in [-0.15, -0.1) is 0 Å². The van der Waals surface area contributed by atoms with Crippen molar-refractivity contribution >= 4 is 5.69 Å². The summed E-state index contributed by atoms with van der Waals surface area (Å²) in [6.07, 6.45) is 2.67. The highest BCUT2D eigenvalue weighted by Crippen LogP contribution is 2.18. The topological polar surface area (TPSA) is 85.9 Å². The average molecular weight is 275 g/mol. The number of nitro groups is 1. The molecule has 0 aliphatic rings. The molecule has 20 heavy (non-hydrogen) atoms. The van der Waals surface area contributed by atoms with Crippen LogP contribution in [0.1, 0.15) is 13.3 Å². The third kappa shape index (κ3) is 3.61. The predicted molar refractivity (Wildman–Crippen MR) is 75.3 cm³/mol. The number of non-ortho nitro benzene ring substituents is 1. The zero-order valence-electron chi connectivity index (χ0n) is 11.3. The third-order valence-corrected chi connectivity index (χ3v) is 2.86. The molecule has 0 aliphatic carbocycles. The summed E-state index contributed by atoms with van der Waals surface area (Å²) < 4.78 is 1.79. The van der Waals surface area contributed by atoms with Crippen LogP contribution in [0.4, 0.5) is 5.69 Å². The van der Waals surface area contributed by atoms with Crippen molar-refractivity contribution in [2.45, 2.75) is 19.9 Å². The van der Waals surface area contributed by atoms with Crippen molar-refractivity contribution in [3.63, 3.8) is 0 Å². The largest absolute Gasteiger partial charge is 0.317 e. The van der Waals surface area contributed by atoms with Crippen LogP contribution in [-0.2, 0) is 6.54 Å². The predicted octanol–water partition coefficient (Wildman–Crippen LogP) is 1.85. The summed E-state index contributed by atoms with van der Waals surface area (Å²) >= 11 is 0. The highest BCUT2D eigenvalue weighted by atomic mass is 16.6. The van der Waals surface area contributed by atoms with E-state index in [0.717, 1.165) is 31.6 Å². The maximum absolute atomic E-state index is 10.6. The quantitative estimate of drug-likeness (QED) is 0.473. The molecule has 7 nitrogen and oxygen atoms in total. The minimum atomic E-state index is -0.420. The zero-order valence-corrected chi connectivity index (χ0v) is 11.3. The maximum atomic E-state index is 10.6. The SMILES string of the molecule is CCNCCCn1cnc(-c2ccc([N+](=O)[O-])cc2)n1. The zero-order chi connectivity index (χ0) is 14.4.